The van der Waals surface area contributed by atoms with E-state index in [0.29, 0.717) is 0 Å². The van der Waals surface area contributed by atoms with Crippen molar-refractivity contribution in [2.45, 2.75) is 31.1 Å². The summed E-state index contributed by atoms with van der Waals surface area (Å²) in [5.41, 5.74) is 2.85. The molecule has 3 rings (SSSR count). The average Bonchev–Trinajstić information content (AvgIpc) is 3.10. The summed E-state index contributed by atoms with van der Waals surface area (Å²) in [7, 11) is 0. The van der Waals surface area contributed by atoms with Gasteiger partial charge in [0.15, 0.2) is 0 Å². The van der Waals surface area contributed by atoms with Crippen molar-refractivity contribution in [3.05, 3.63) is 52.0 Å². The summed E-state index contributed by atoms with van der Waals surface area (Å²) in [5, 5.41) is 3.49. The molecule has 0 amide bonds. The van der Waals surface area contributed by atoms with Gasteiger partial charge in [0.1, 0.15) is 5.01 Å². The Morgan fingerprint density at radius 1 is 1.22 bits per heavy atom. The fourth-order valence-electron chi connectivity index (χ4n) is 2.40. The molecule has 0 radical (unpaired) electrons. The van der Waals surface area contributed by atoms with Crippen LogP contribution in [0, 0.1) is 0 Å². The van der Waals surface area contributed by atoms with Crippen LogP contribution in [0.25, 0.3) is 0 Å². The van der Waals surface area contributed by atoms with Gasteiger partial charge in [-0.1, -0.05) is 30.3 Å². The maximum absolute atomic E-state index is 5.73. The van der Waals surface area contributed by atoms with Gasteiger partial charge in [-0.2, -0.15) is 0 Å². The molecule has 1 heterocycles. The van der Waals surface area contributed by atoms with Gasteiger partial charge in [-0.05, 0) is 31.2 Å². The van der Waals surface area contributed by atoms with E-state index in [0.717, 1.165) is 18.7 Å². The van der Waals surface area contributed by atoms with E-state index >= 15 is 0 Å². The minimum Gasteiger partial charge on any atom is -0.245 e. The van der Waals surface area contributed by atoms with Gasteiger partial charge in [-0.15, -0.1) is 22.9 Å². The quantitative estimate of drug-likeness (QED) is 0.739. The van der Waals surface area contributed by atoms with E-state index < -0.39 is 0 Å². The lowest BCUT2D eigenvalue weighted by Crippen LogP contribution is -2.08. The molecule has 1 aliphatic rings. The van der Waals surface area contributed by atoms with Gasteiger partial charge in [0.2, 0.25) is 0 Å². The Balaban J connectivity index is 1.84. The largest absolute Gasteiger partial charge is 0.245 e. The second-order valence-corrected chi connectivity index (χ2v) is 6.12. The number of nitrogens with zero attached hydrogens (tertiary/aromatic N) is 1. The molecule has 1 fully saturated rings. The van der Waals surface area contributed by atoms with Crippen LogP contribution in [-0.4, -0.2) is 10.9 Å². The first-order chi connectivity index (χ1) is 8.85. The Bertz CT molecular complexity index is 516. The van der Waals surface area contributed by atoms with Crippen LogP contribution in [0.1, 0.15) is 35.5 Å². The van der Waals surface area contributed by atoms with Gasteiger partial charge in [0.25, 0.3) is 0 Å². The van der Waals surface area contributed by atoms with Gasteiger partial charge >= 0.3 is 0 Å². The van der Waals surface area contributed by atoms with E-state index in [1.807, 2.05) is 11.3 Å². The number of aromatic nitrogens is 1. The first-order valence-corrected chi connectivity index (χ1v) is 7.83. The molecule has 2 aromatic rings. The Labute approximate surface area is 117 Å². The predicted molar refractivity (Wildman–Crippen MR) is 77.6 cm³/mol. The number of halogens is 1. The minimum atomic E-state index is 0.227. The molecule has 0 unspecified atom stereocenters. The molecule has 3 heteroatoms. The molecule has 0 bridgehead atoms. The van der Waals surface area contributed by atoms with Crippen molar-refractivity contribution >= 4 is 22.9 Å². The molecule has 1 saturated carbocycles. The molecule has 1 aromatic heterocycles. The fraction of sp³-hybridized carbons (Fsp3) is 0.400. The fourth-order valence-corrected chi connectivity index (χ4v) is 3.67. The van der Waals surface area contributed by atoms with E-state index in [-0.39, 0.29) is 5.41 Å². The molecule has 18 heavy (non-hydrogen) atoms. The summed E-state index contributed by atoms with van der Waals surface area (Å²) in [6.45, 7) is 0. The number of rotatable bonds is 5. The summed E-state index contributed by atoms with van der Waals surface area (Å²) in [5.74, 6) is 0.719. The molecule has 0 spiro atoms. The first-order valence-electron chi connectivity index (χ1n) is 6.41. The molecular weight excluding hydrogens is 262 g/mol. The third kappa shape index (κ3) is 2.19. The van der Waals surface area contributed by atoms with Crippen molar-refractivity contribution in [3.63, 3.8) is 0 Å². The Morgan fingerprint density at radius 2 is 2.00 bits per heavy atom. The highest BCUT2D eigenvalue weighted by atomic mass is 35.5. The van der Waals surface area contributed by atoms with Crippen molar-refractivity contribution in [1.82, 2.24) is 4.98 Å². The number of alkyl halides is 1. The van der Waals surface area contributed by atoms with Crippen molar-refractivity contribution in [2.24, 2.45) is 0 Å². The first kappa shape index (κ1) is 12.2. The van der Waals surface area contributed by atoms with E-state index in [1.165, 1.54) is 29.1 Å². The van der Waals surface area contributed by atoms with Gasteiger partial charge in [-0.3, -0.25) is 0 Å². The topological polar surface area (TPSA) is 12.9 Å². The van der Waals surface area contributed by atoms with Crippen LogP contribution in [0.5, 0.6) is 0 Å². The third-order valence-corrected chi connectivity index (χ3v) is 4.97. The molecular formula is C15H16ClNS. The number of aryl methyl sites for hydroxylation is 1. The van der Waals surface area contributed by atoms with Gasteiger partial charge in [-0.25, -0.2) is 4.98 Å². The molecule has 1 aromatic carbocycles. The van der Waals surface area contributed by atoms with Crippen LogP contribution in [0.15, 0.2) is 35.7 Å². The van der Waals surface area contributed by atoms with Crippen LogP contribution < -0.4 is 0 Å². The number of benzene rings is 1. The van der Waals surface area contributed by atoms with Crippen molar-refractivity contribution in [3.8, 4) is 0 Å². The molecule has 1 aliphatic carbocycles. The normalized spacial score (nSPS) is 16.7. The highest BCUT2D eigenvalue weighted by Gasteiger charge is 2.48. The van der Waals surface area contributed by atoms with E-state index in [2.05, 4.69) is 35.7 Å². The zero-order valence-corrected chi connectivity index (χ0v) is 11.8. The minimum absolute atomic E-state index is 0.227. The van der Waals surface area contributed by atoms with Crippen LogP contribution in [0.3, 0.4) is 0 Å². The van der Waals surface area contributed by atoms with Crippen LogP contribution in [0.4, 0.5) is 0 Å². The highest BCUT2D eigenvalue weighted by Crippen LogP contribution is 2.54. The summed E-state index contributed by atoms with van der Waals surface area (Å²) in [4.78, 5) is 4.82. The molecule has 0 atom stereocenters. The second kappa shape index (κ2) is 5.02. The summed E-state index contributed by atoms with van der Waals surface area (Å²) < 4.78 is 0. The Kier molecular flexibility index (Phi) is 3.40. The average molecular weight is 278 g/mol. The molecule has 94 valence electrons. The lowest BCUT2D eigenvalue weighted by atomic mass is 9.97. The molecule has 0 N–H and O–H groups in total. The maximum Gasteiger partial charge on any atom is 0.103 e. The monoisotopic (exact) mass is 277 g/mol. The maximum atomic E-state index is 5.73. The zero-order valence-electron chi connectivity index (χ0n) is 10.2. The van der Waals surface area contributed by atoms with E-state index in [9.17, 15) is 0 Å². The van der Waals surface area contributed by atoms with Crippen molar-refractivity contribution in [1.29, 1.82) is 0 Å². The molecule has 0 saturated heterocycles. The van der Waals surface area contributed by atoms with E-state index in [4.69, 9.17) is 16.6 Å². The number of hydrogen-bond donors (Lipinski definition) is 0. The van der Waals surface area contributed by atoms with Crippen molar-refractivity contribution < 1.29 is 0 Å². The standard InChI is InChI=1S/C15H16ClNS/c16-10-4-7-13-11-18-14(17-13)15(8-9-15)12-5-2-1-3-6-12/h1-3,5-6,11H,4,7-10H2. The number of thiazole rings is 1. The van der Waals surface area contributed by atoms with Crippen LogP contribution in [-0.2, 0) is 11.8 Å². The third-order valence-electron chi connectivity index (χ3n) is 3.60. The Morgan fingerprint density at radius 3 is 2.67 bits per heavy atom. The number of hydrogen-bond acceptors (Lipinski definition) is 2. The zero-order chi connectivity index (χ0) is 12.4. The molecule has 1 nitrogen and oxygen atoms in total. The summed E-state index contributed by atoms with van der Waals surface area (Å²) in [6.07, 6.45) is 4.49. The lowest BCUT2D eigenvalue weighted by molar-refractivity contribution is 0.809. The van der Waals surface area contributed by atoms with Gasteiger partial charge < -0.3 is 0 Å². The smallest absolute Gasteiger partial charge is 0.103 e. The summed E-state index contributed by atoms with van der Waals surface area (Å²) >= 11 is 7.54. The van der Waals surface area contributed by atoms with E-state index in [1.54, 1.807) is 0 Å². The Hall–Kier alpha value is -0.860. The highest BCUT2D eigenvalue weighted by molar-refractivity contribution is 7.09. The van der Waals surface area contributed by atoms with Crippen LogP contribution >= 0.6 is 22.9 Å². The second-order valence-electron chi connectivity index (χ2n) is 4.88. The lowest BCUT2D eigenvalue weighted by Gasteiger charge is -2.12. The molecule has 0 aliphatic heterocycles. The van der Waals surface area contributed by atoms with Gasteiger partial charge in [0.05, 0.1) is 5.69 Å². The predicted octanol–water partition coefficient (Wildman–Crippen LogP) is 4.39. The van der Waals surface area contributed by atoms with Gasteiger partial charge in [0, 0.05) is 16.7 Å². The van der Waals surface area contributed by atoms with Crippen molar-refractivity contribution in [2.75, 3.05) is 5.88 Å². The summed E-state index contributed by atoms with van der Waals surface area (Å²) in [6, 6.07) is 10.8. The SMILES string of the molecule is ClCCCc1csc(C2(c3ccccc3)CC2)n1. The van der Waals surface area contributed by atoms with Crippen LogP contribution in [0.2, 0.25) is 0 Å².